The van der Waals surface area contributed by atoms with Crippen molar-refractivity contribution in [3.05, 3.63) is 122 Å². The Balaban J connectivity index is 4.06. The number of nitrogens with zero attached hydrogens (tertiary/aromatic N) is 1. The fraction of sp³-hybridized carbons (Fsp3) is 0.667. The summed E-state index contributed by atoms with van der Waals surface area (Å²) >= 11 is 0. The molecule has 0 spiro atoms. The molecule has 0 saturated carbocycles. The SMILES string of the molecule is CC/C=C\C/C=C\C/C=C\C/C=C\C/C=C\C/C=C\C/C=C\CCCCCCCCCCCCCCCCCC(=O)OC(COC(=O)CCCCCCC/C=C\C/C=C\C/C=C\CC)COP(=O)(O)OCC[N+](C)(C)C. The molecular formula is C66H113NO8P+. The second-order valence-electron chi connectivity index (χ2n) is 21.0. The molecule has 0 aliphatic carbocycles. The van der Waals surface area contributed by atoms with Crippen molar-refractivity contribution >= 4 is 19.8 Å². The van der Waals surface area contributed by atoms with Gasteiger partial charge in [-0.3, -0.25) is 18.6 Å². The predicted molar refractivity (Wildman–Crippen MR) is 325 cm³/mol. The number of carbonyl (C=O) groups is 2. The van der Waals surface area contributed by atoms with E-state index in [1.165, 1.54) is 77.0 Å². The summed E-state index contributed by atoms with van der Waals surface area (Å²) < 4.78 is 34.5. The minimum absolute atomic E-state index is 0.0239. The lowest BCUT2D eigenvalue weighted by Crippen LogP contribution is -2.37. The third-order valence-corrected chi connectivity index (χ3v) is 13.5. The Labute approximate surface area is 467 Å². The minimum Gasteiger partial charge on any atom is -0.462 e. The van der Waals surface area contributed by atoms with Crippen LogP contribution in [0, 0.1) is 0 Å². The molecule has 0 aromatic heterocycles. The smallest absolute Gasteiger partial charge is 0.462 e. The molecule has 0 saturated heterocycles. The average molecular weight is 1080 g/mol. The monoisotopic (exact) mass is 1080 g/mol. The third kappa shape index (κ3) is 59.7. The van der Waals surface area contributed by atoms with Crippen molar-refractivity contribution < 1.29 is 42.1 Å². The Bertz CT molecular complexity index is 1700. The molecule has 0 rings (SSSR count). The van der Waals surface area contributed by atoms with Gasteiger partial charge in [-0.2, -0.15) is 0 Å². The first-order valence-electron chi connectivity index (χ1n) is 30.3. The molecule has 0 aliphatic heterocycles. The van der Waals surface area contributed by atoms with Gasteiger partial charge in [0.1, 0.15) is 19.8 Å². The second-order valence-corrected chi connectivity index (χ2v) is 22.4. The van der Waals surface area contributed by atoms with Gasteiger partial charge in [-0.1, -0.05) is 238 Å². The molecule has 0 bridgehead atoms. The maximum atomic E-state index is 12.8. The number of phosphoric acid groups is 1. The van der Waals surface area contributed by atoms with Crippen molar-refractivity contribution in [2.45, 2.75) is 238 Å². The van der Waals surface area contributed by atoms with E-state index in [0.717, 1.165) is 116 Å². The molecular weight excluding hydrogens is 966 g/mol. The van der Waals surface area contributed by atoms with Crippen LogP contribution in [0.25, 0.3) is 0 Å². The first kappa shape index (κ1) is 72.4. The molecule has 1 N–H and O–H groups in total. The maximum absolute atomic E-state index is 12.8. The highest BCUT2D eigenvalue weighted by Gasteiger charge is 2.27. The van der Waals surface area contributed by atoms with Gasteiger partial charge in [0.25, 0.3) is 0 Å². The van der Waals surface area contributed by atoms with Crippen LogP contribution in [0.4, 0.5) is 0 Å². The Morgan fingerprint density at radius 1 is 0.408 bits per heavy atom. The average Bonchev–Trinajstić information content (AvgIpc) is 3.38. The molecule has 0 fully saturated rings. The van der Waals surface area contributed by atoms with Crippen LogP contribution in [0.3, 0.4) is 0 Å². The van der Waals surface area contributed by atoms with E-state index in [2.05, 4.69) is 135 Å². The fourth-order valence-corrected chi connectivity index (χ4v) is 8.63. The number of likely N-dealkylation sites (N-methyl/N-ethyl adjacent to an activating group) is 1. The number of ether oxygens (including phenoxy) is 2. The highest BCUT2D eigenvalue weighted by atomic mass is 31.2. The summed E-state index contributed by atoms with van der Waals surface area (Å²) in [5.41, 5.74) is 0. The molecule has 434 valence electrons. The van der Waals surface area contributed by atoms with Crippen LogP contribution in [0.2, 0.25) is 0 Å². The van der Waals surface area contributed by atoms with Gasteiger partial charge < -0.3 is 18.9 Å². The highest BCUT2D eigenvalue weighted by molar-refractivity contribution is 7.47. The van der Waals surface area contributed by atoms with Gasteiger partial charge in [0.05, 0.1) is 27.7 Å². The predicted octanol–water partition coefficient (Wildman–Crippen LogP) is 19.1. The molecule has 0 heterocycles. The topological polar surface area (TPSA) is 108 Å². The van der Waals surface area contributed by atoms with E-state index in [1.54, 1.807) is 0 Å². The van der Waals surface area contributed by atoms with Crippen molar-refractivity contribution in [1.82, 2.24) is 0 Å². The zero-order valence-electron chi connectivity index (χ0n) is 49.2. The maximum Gasteiger partial charge on any atom is 0.472 e. The van der Waals surface area contributed by atoms with Crippen LogP contribution >= 0.6 is 7.82 Å². The van der Waals surface area contributed by atoms with Crippen LogP contribution in [0.15, 0.2) is 122 Å². The summed E-state index contributed by atoms with van der Waals surface area (Å²) in [6, 6.07) is 0. The zero-order valence-corrected chi connectivity index (χ0v) is 50.1. The molecule has 0 radical (unpaired) electrons. The van der Waals surface area contributed by atoms with Gasteiger partial charge in [-0.15, -0.1) is 0 Å². The van der Waals surface area contributed by atoms with Crippen molar-refractivity contribution in [2.75, 3.05) is 47.5 Å². The fourth-order valence-electron chi connectivity index (χ4n) is 7.89. The van der Waals surface area contributed by atoms with E-state index < -0.39 is 26.5 Å². The molecule has 0 aromatic rings. The number of carbonyl (C=O) groups excluding carboxylic acids is 2. The number of esters is 2. The highest BCUT2D eigenvalue weighted by Crippen LogP contribution is 2.43. The van der Waals surface area contributed by atoms with Gasteiger partial charge in [0.2, 0.25) is 0 Å². The largest absolute Gasteiger partial charge is 0.472 e. The molecule has 0 aromatic carbocycles. The van der Waals surface area contributed by atoms with E-state index in [1.807, 2.05) is 21.1 Å². The van der Waals surface area contributed by atoms with Crippen LogP contribution < -0.4 is 0 Å². The Morgan fingerprint density at radius 2 is 0.711 bits per heavy atom. The number of allylic oxidation sites excluding steroid dienone is 20. The van der Waals surface area contributed by atoms with Crippen LogP contribution in [-0.4, -0.2) is 74.9 Å². The van der Waals surface area contributed by atoms with Gasteiger partial charge in [-0.25, -0.2) is 4.57 Å². The summed E-state index contributed by atoms with van der Waals surface area (Å²) in [5.74, 6) is -0.821. The zero-order chi connectivity index (χ0) is 55.6. The number of phosphoric ester groups is 1. The van der Waals surface area contributed by atoms with Gasteiger partial charge >= 0.3 is 19.8 Å². The quantitative estimate of drug-likeness (QED) is 0.0211. The van der Waals surface area contributed by atoms with Crippen LogP contribution in [0.5, 0.6) is 0 Å². The number of unbranched alkanes of at least 4 members (excludes halogenated alkanes) is 20. The van der Waals surface area contributed by atoms with Crippen molar-refractivity contribution in [1.29, 1.82) is 0 Å². The van der Waals surface area contributed by atoms with E-state index in [-0.39, 0.29) is 32.0 Å². The van der Waals surface area contributed by atoms with E-state index >= 15 is 0 Å². The second kappa shape index (κ2) is 56.1. The van der Waals surface area contributed by atoms with Gasteiger partial charge in [0, 0.05) is 12.8 Å². The van der Waals surface area contributed by atoms with E-state index in [4.69, 9.17) is 18.5 Å². The van der Waals surface area contributed by atoms with Crippen molar-refractivity contribution in [3.8, 4) is 0 Å². The summed E-state index contributed by atoms with van der Waals surface area (Å²) in [7, 11) is 1.46. The summed E-state index contributed by atoms with van der Waals surface area (Å²) in [5, 5.41) is 0. The molecule has 10 heteroatoms. The number of quaternary nitrogens is 1. The molecule has 2 atom stereocenters. The number of hydrogen-bond acceptors (Lipinski definition) is 7. The standard InChI is InChI=1S/C66H112NO8P/c1-6-8-10-12-14-16-18-20-22-23-24-25-26-27-28-29-30-31-32-33-34-35-36-37-38-39-40-41-42-43-45-47-49-51-53-55-57-59-66(69)75-64(63-74-76(70,71)73-61-60-67(3,4)5)62-72-65(68)58-56-54-52-50-48-46-44-21-19-17-15-13-11-9-7-2/h8-11,14-17,20-22,24-25,27-28,30-31,33-34,44,64H,6-7,12-13,18-19,23,26,29,32,35-43,45-63H2,1-5H3/p+1/b10-8-,11-9-,16-14-,17-15-,22-20-,25-24-,28-27-,31-30-,34-33-,44-21-. The first-order chi connectivity index (χ1) is 37.0. The Morgan fingerprint density at radius 3 is 1.05 bits per heavy atom. The number of hydrogen-bond donors (Lipinski definition) is 1. The van der Waals surface area contributed by atoms with Crippen LogP contribution in [-0.2, 0) is 32.7 Å². The third-order valence-electron chi connectivity index (χ3n) is 12.5. The Kier molecular flexibility index (Phi) is 53.5. The summed E-state index contributed by atoms with van der Waals surface area (Å²) in [6.07, 6.45) is 80.0. The molecule has 0 aliphatic rings. The molecule has 2 unspecified atom stereocenters. The van der Waals surface area contributed by atoms with Crippen molar-refractivity contribution in [3.63, 3.8) is 0 Å². The van der Waals surface area contributed by atoms with Crippen molar-refractivity contribution in [2.24, 2.45) is 0 Å². The number of rotatable bonds is 54. The van der Waals surface area contributed by atoms with E-state index in [9.17, 15) is 19.0 Å². The van der Waals surface area contributed by atoms with Crippen LogP contribution in [0.1, 0.15) is 232 Å². The van der Waals surface area contributed by atoms with Gasteiger partial charge in [0.15, 0.2) is 6.10 Å². The normalized spacial score (nSPS) is 14.1. The Hall–Kier alpha value is -3.59. The lowest BCUT2D eigenvalue weighted by molar-refractivity contribution is -0.870. The molecule has 9 nitrogen and oxygen atoms in total. The lowest BCUT2D eigenvalue weighted by atomic mass is 10.0. The minimum atomic E-state index is -4.39. The van der Waals surface area contributed by atoms with Gasteiger partial charge in [-0.05, 0) is 103 Å². The first-order valence-corrected chi connectivity index (χ1v) is 31.8. The molecule has 0 amide bonds. The molecule has 76 heavy (non-hydrogen) atoms. The summed E-state index contributed by atoms with van der Waals surface area (Å²) in [4.78, 5) is 35.7. The summed E-state index contributed by atoms with van der Waals surface area (Å²) in [6.45, 7) is 4.18. The lowest BCUT2D eigenvalue weighted by Gasteiger charge is -2.24. The van der Waals surface area contributed by atoms with E-state index in [0.29, 0.717) is 23.9 Å².